The van der Waals surface area contributed by atoms with E-state index < -0.39 is 5.97 Å². The Labute approximate surface area is 169 Å². The minimum Gasteiger partial charge on any atom is -0.496 e. The minimum atomic E-state index is -0.886. The highest BCUT2D eigenvalue weighted by Crippen LogP contribution is 2.31. The van der Waals surface area contributed by atoms with E-state index in [1.165, 1.54) is 5.56 Å². The average molecular weight is 386 g/mol. The van der Waals surface area contributed by atoms with Crippen molar-refractivity contribution in [2.75, 3.05) is 7.11 Å². The van der Waals surface area contributed by atoms with E-state index in [9.17, 15) is 4.79 Å². The first-order valence-electron chi connectivity index (χ1n) is 9.45. The molecule has 4 rings (SSSR count). The van der Waals surface area contributed by atoms with Crippen LogP contribution in [0.1, 0.15) is 16.7 Å². The predicted molar refractivity (Wildman–Crippen MR) is 113 cm³/mol. The second-order valence-electron chi connectivity index (χ2n) is 7.10. The first kappa shape index (κ1) is 18.7. The van der Waals surface area contributed by atoms with Crippen LogP contribution in [0, 0.1) is 6.92 Å². The summed E-state index contributed by atoms with van der Waals surface area (Å²) in [5.41, 5.74) is 5.87. The highest BCUT2D eigenvalue weighted by Gasteiger charge is 2.16. The largest absolute Gasteiger partial charge is 0.496 e. The molecule has 0 aliphatic carbocycles. The summed E-state index contributed by atoms with van der Waals surface area (Å²) in [6, 6.07) is 22.1. The normalized spacial score (nSPS) is 11.0. The van der Waals surface area contributed by atoms with Gasteiger partial charge in [0.15, 0.2) is 0 Å². The molecule has 29 heavy (non-hydrogen) atoms. The zero-order valence-electron chi connectivity index (χ0n) is 16.4. The highest BCUT2D eigenvalue weighted by atomic mass is 16.5. The Hall–Kier alpha value is -3.60. The van der Waals surface area contributed by atoms with Gasteiger partial charge in [0, 0.05) is 17.7 Å². The first-order valence-corrected chi connectivity index (χ1v) is 9.45. The number of methoxy groups -OCH3 is 1. The van der Waals surface area contributed by atoms with Crippen molar-refractivity contribution in [1.29, 1.82) is 0 Å². The van der Waals surface area contributed by atoms with Crippen LogP contribution in [0.2, 0.25) is 0 Å². The van der Waals surface area contributed by atoms with Gasteiger partial charge in [-0.25, -0.2) is 4.98 Å². The van der Waals surface area contributed by atoms with Crippen molar-refractivity contribution in [3.8, 4) is 17.1 Å². The Morgan fingerprint density at radius 1 is 1.07 bits per heavy atom. The summed E-state index contributed by atoms with van der Waals surface area (Å²) in [4.78, 5) is 16.0. The van der Waals surface area contributed by atoms with Crippen molar-refractivity contribution in [1.82, 2.24) is 9.55 Å². The topological polar surface area (TPSA) is 64.4 Å². The van der Waals surface area contributed by atoms with Crippen molar-refractivity contribution in [2.24, 2.45) is 0 Å². The molecule has 0 radical (unpaired) electrons. The van der Waals surface area contributed by atoms with Crippen LogP contribution >= 0.6 is 0 Å². The van der Waals surface area contributed by atoms with Crippen LogP contribution in [0.3, 0.4) is 0 Å². The summed E-state index contributed by atoms with van der Waals surface area (Å²) in [5, 5.41) is 9.13. The van der Waals surface area contributed by atoms with Crippen LogP contribution in [-0.2, 0) is 17.8 Å². The first-order chi connectivity index (χ1) is 14.0. The smallest absolute Gasteiger partial charge is 0.307 e. The number of imidazole rings is 1. The predicted octanol–water partition coefficient (Wildman–Crippen LogP) is 4.70. The van der Waals surface area contributed by atoms with Gasteiger partial charge in [-0.05, 0) is 36.2 Å². The maximum atomic E-state index is 11.1. The number of aryl methyl sites for hydroxylation is 1. The quantitative estimate of drug-likeness (QED) is 0.522. The van der Waals surface area contributed by atoms with Crippen LogP contribution < -0.4 is 4.74 Å². The lowest BCUT2D eigenvalue weighted by Gasteiger charge is -2.12. The molecule has 146 valence electrons. The van der Waals surface area contributed by atoms with Gasteiger partial charge in [0.05, 0.1) is 24.6 Å². The molecule has 0 saturated heterocycles. The Morgan fingerprint density at radius 3 is 2.59 bits per heavy atom. The van der Waals surface area contributed by atoms with E-state index in [0.717, 1.165) is 28.0 Å². The van der Waals surface area contributed by atoms with Gasteiger partial charge in [0.2, 0.25) is 0 Å². The Balaban J connectivity index is 1.86. The van der Waals surface area contributed by atoms with Crippen molar-refractivity contribution in [2.45, 2.75) is 19.9 Å². The molecule has 0 bridgehead atoms. The van der Waals surface area contributed by atoms with Gasteiger partial charge in [-0.3, -0.25) is 4.79 Å². The number of hydrogen-bond donors (Lipinski definition) is 1. The molecule has 4 aromatic rings. The second kappa shape index (κ2) is 7.80. The lowest BCUT2D eigenvalue weighted by molar-refractivity contribution is -0.136. The minimum absolute atomic E-state index is 0.0803. The number of carboxylic acid groups (broad SMARTS) is 1. The summed E-state index contributed by atoms with van der Waals surface area (Å²) >= 11 is 0. The maximum Gasteiger partial charge on any atom is 0.307 e. The summed E-state index contributed by atoms with van der Waals surface area (Å²) < 4.78 is 7.65. The Bertz CT molecular complexity index is 1180. The molecule has 0 unspecified atom stereocenters. The monoisotopic (exact) mass is 386 g/mol. The second-order valence-corrected chi connectivity index (χ2v) is 7.10. The zero-order valence-corrected chi connectivity index (χ0v) is 16.4. The Kier molecular flexibility index (Phi) is 5.04. The van der Waals surface area contributed by atoms with Crippen molar-refractivity contribution >= 4 is 17.0 Å². The van der Waals surface area contributed by atoms with E-state index in [1.54, 1.807) is 13.2 Å². The number of ether oxygens (including phenoxy) is 1. The van der Waals surface area contributed by atoms with E-state index in [1.807, 2.05) is 30.3 Å². The third kappa shape index (κ3) is 3.85. The van der Waals surface area contributed by atoms with E-state index in [-0.39, 0.29) is 6.42 Å². The maximum absolute atomic E-state index is 11.1. The number of hydrogen-bond acceptors (Lipinski definition) is 3. The number of rotatable bonds is 6. The van der Waals surface area contributed by atoms with Gasteiger partial charge in [0.25, 0.3) is 0 Å². The van der Waals surface area contributed by atoms with Gasteiger partial charge in [-0.2, -0.15) is 0 Å². The number of nitrogens with zero attached hydrogens (tertiary/aromatic N) is 2. The average Bonchev–Trinajstić information content (AvgIpc) is 3.06. The molecule has 0 spiro atoms. The molecule has 3 aromatic carbocycles. The van der Waals surface area contributed by atoms with E-state index in [2.05, 4.69) is 41.8 Å². The number of aliphatic carboxylic acids is 1. The number of aromatic nitrogens is 2. The molecule has 1 heterocycles. The van der Waals surface area contributed by atoms with Gasteiger partial charge in [-0.15, -0.1) is 0 Å². The lowest BCUT2D eigenvalue weighted by atomic mass is 10.1. The summed E-state index contributed by atoms with van der Waals surface area (Å²) in [5.74, 6) is 0.497. The number of carboxylic acids is 1. The highest BCUT2D eigenvalue weighted by molar-refractivity contribution is 5.82. The van der Waals surface area contributed by atoms with Crippen molar-refractivity contribution in [3.63, 3.8) is 0 Å². The van der Waals surface area contributed by atoms with Crippen LogP contribution in [0.15, 0.2) is 66.7 Å². The van der Waals surface area contributed by atoms with Crippen molar-refractivity contribution in [3.05, 3.63) is 83.4 Å². The molecule has 0 aliphatic rings. The molecule has 1 aromatic heterocycles. The molecular weight excluding hydrogens is 364 g/mol. The van der Waals surface area contributed by atoms with E-state index >= 15 is 0 Å². The van der Waals surface area contributed by atoms with Crippen LogP contribution in [0.5, 0.6) is 5.75 Å². The molecule has 0 atom stereocenters. The van der Waals surface area contributed by atoms with Gasteiger partial charge < -0.3 is 14.4 Å². The number of carbonyl (C=O) groups is 1. The fourth-order valence-electron chi connectivity index (χ4n) is 3.58. The molecule has 5 nitrogen and oxygen atoms in total. The Morgan fingerprint density at radius 2 is 1.86 bits per heavy atom. The molecule has 0 saturated carbocycles. The summed E-state index contributed by atoms with van der Waals surface area (Å²) in [6.45, 7) is 2.74. The number of fused-ring (bicyclic) bond motifs is 1. The summed E-state index contributed by atoms with van der Waals surface area (Å²) in [6.07, 6.45) is -0.0803. The van der Waals surface area contributed by atoms with Gasteiger partial charge in [0.1, 0.15) is 11.6 Å². The van der Waals surface area contributed by atoms with Crippen LogP contribution in [0.4, 0.5) is 0 Å². The molecule has 0 fully saturated rings. The SMILES string of the molecule is COc1cc(-c2nc3cc(C)ccc3n2Cc2ccccc2)ccc1CC(=O)O. The standard InChI is InChI=1S/C24H22N2O3/c1-16-8-11-21-20(12-16)25-24(26(21)15-17-6-4-3-5-7-17)19-10-9-18(14-23(27)28)22(13-19)29-2/h3-13H,14-15H2,1-2H3,(H,27,28). The molecular formula is C24H22N2O3. The zero-order chi connectivity index (χ0) is 20.4. The van der Waals surface area contributed by atoms with E-state index in [4.69, 9.17) is 14.8 Å². The molecule has 0 aliphatic heterocycles. The molecule has 0 amide bonds. The lowest BCUT2D eigenvalue weighted by Crippen LogP contribution is -2.04. The third-order valence-corrected chi connectivity index (χ3v) is 4.97. The van der Waals surface area contributed by atoms with Crippen LogP contribution in [0.25, 0.3) is 22.4 Å². The van der Waals surface area contributed by atoms with Crippen molar-refractivity contribution < 1.29 is 14.6 Å². The van der Waals surface area contributed by atoms with E-state index in [0.29, 0.717) is 17.9 Å². The fourth-order valence-corrected chi connectivity index (χ4v) is 3.58. The summed E-state index contributed by atoms with van der Waals surface area (Å²) in [7, 11) is 1.56. The van der Waals surface area contributed by atoms with Gasteiger partial charge >= 0.3 is 5.97 Å². The van der Waals surface area contributed by atoms with Crippen LogP contribution in [-0.4, -0.2) is 27.7 Å². The fraction of sp³-hybridized carbons (Fsp3) is 0.167. The number of benzene rings is 3. The third-order valence-electron chi connectivity index (χ3n) is 4.97. The molecule has 1 N–H and O–H groups in total. The molecule has 5 heteroatoms. The van der Waals surface area contributed by atoms with Gasteiger partial charge in [-0.1, -0.05) is 48.5 Å².